The second-order valence-corrected chi connectivity index (χ2v) is 9.26. The Balaban J connectivity index is 2.17. The molecular weight excluding hydrogens is 447 g/mol. The highest BCUT2D eigenvalue weighted by Crippen LogP contribution is 2.37. The number of halogens is 1. The summed E-state index contributed by atoms with van der Waals surface area (Å²) in [6.45, 7) is 1.53. The van der Waals surface area contributed by atoms with Crippen LogP contribution in [0.4, 0.5) is 15.8 Å². The first-order valence-electron chi connectivity index (χ1n) is 9.99. The van der Waals surface area contributed by atoms with Crippen LogP contribution in [0.5, 0.6) is 11.5 Å². The van der Waals surface area contributed by atoms with Gasteiger partial charge in [-0.15, -0.1) is 0 Å². The highest BCUT2D eigenvalue weighted by Gasteiger charge is 2.27. The van der Waals surface area contributed by atoms with E-state index < -0.39 is 21.7 Å². The van der Waals surface area contributed by atoms with Crippen molar-refractivity contribution < 1.29 is 27.1 Å². The van der Waals surface area contributed by atoms with Crippen molar-refractivity contribution in [2.75, 3.05) is 30.1 Å². The van der Waals surface area contributed by atoms with Crippen LogP contribution in [0.3, 0.4) is 0 Å². The fourth-order valence-corrected chi connectivity index (χ4v) is 4.20. The summed E-state index contributed by atoms with van der Waals surface area (Å²) in [5.74, 6) is -0.641. The number of benzene rings is 3. The van der Waals surface area contributed by atoms with Gasteiger partial charge in [0.1, 0.15) is 5.82 Å². The molecular formula is C24H25FN2O5S. The largest absolute Gasteiger partial charge is 0.493 e. The van der Waals surface area contributed by atoms with Crippen LogP contribution in [0.1, 0.15) is 21.5 Å². The summed E-state index contributed by atoms with van der Waals surface area (Å²) in [5.41, 5.74) is 1.62. The van der Waals surface area contributed by atoms with Crippen LogP contribution in [-0.2, 0) is 16.6 Å². The predicted octanol–water partition coefficient (Wildman–Crippen LogP) is 4.37. The number of rotatable bonds is 8. The minimum absolute atomic E-state index is 0.0256. The molecule has 1 amide bonds. The average molecular weight is 473 g/mol. The summed E-state index contributed by atoms with van der Waals surface area (Å²) in [6, 6.07) is 15.9. The van der Waals surface area contributed by atoms with Crippen LogP contribution >= 0.6 is 0 Å². The van der Waals surface area contributed by atoms with Crippen molar-refractivity contribution in [3.05, 3.63) is 83.2 Å². The number of carbonyl (C=O) groups is 1. The lowest BCUT2D eigenvalue weighted by atomic mass is 10.1. The molecule has 0 aliphatic heterocycles. The molecule has 174 valence electrons. The van der Waals surface area contributed by atoms with Gasteiger partial charge in [-0.05, 0) is 30.7 Å². The van der Waals surface area contributed by atoms with Crippen molar-refractivity contribution in [1.82, 2.24) is 0 Å². The van der Waals surface area contributed by atoms with E-state index in [1.807, 2.05) is 19.1 Å². The molecule has 3 aromatic rings. The zero-order valence-corrected chi connectivity index (χ0v) is 19.6. The Labute approximate surface area is 192 Å². The van der Waals surface area contributed by atoms with Gasteiger partial charge in [0, 0.05) is 17.3 Å². The SMILES string of the molecule is COc1cc(C(=O)Nc2ccccc2C)c(N(Cc2ccccc2F)S(C)(=O)=O)cc1OC. The Bertz CT molecular complexity index is 1280. The Morgan fingerprint density at radius 2 is 1.61 bits per heavy atom. The van der Waals surface area contributed by atoms with Gasteiger partial charge in [0.2, 0.25) is 10.0 Å². The Morgan fingerprint density at radius 3 is 2.21 bits per heavy atom. The molecule has 0 saturated heterocycles. The zero-order valence-electron chi connectivity index (χ0n) is 18.8. The average Bonchev–Trinajstić information content (AvgIpc) is 2.78. The van der Waals surface area contributed by atoms with Crippen molar-refractivity contribution in [2.45, 2.75) is 13.5 Å². The molecule has 0 fully saturated rings. The summed E-state index contributed by atoms with van der Waals surface area (Å²) in [5, 5.41) is 2.81. The van der Waals surface area contributed by atoms with Gasteiger partial charge in [-0.1, -0.05) is 36.4 Å². The maximum Gasteiger partial charge on any atom is 0.257 e. The van der Waals surface area contributed by atoms with E-state index in [2.05, 4.69) is 5.32 Å². The molecule has 0 radical (unpaired) electrons. The minimum Gasteiger partial charge on any atom is -0.493 e. The second-order valence-electron chi connectivity index (χ2n) is 7.35. The van der Waals surface area contributed by atoms with Crippen molar-refractivity contribution in [3.63, 3.8) is 0 Å². The molecule has 0 spiro atoms. The lowest BCUT2D eigenvalue weighted by Gasteiger charge is -2.26. The number of sulfonamides is 1. The van der Waals surface area contributed by atoms with E-state index in [-0.39, 0.29) is 34.9 Å². The highest BCUT2D eigenvalue weighted by molar-refractivity contribution is 7.92. The van der Waals surface area contributed by atoms with E-state index in [1.165, 1.54) is 44.6 Å². The number of nitrogens with one attached hydrogen (secondary N) is 1. The number of amides is 1. The fourth-order valence-electron chi connectivity index (χ4n) is 3.32. The quantitative estimate of drug-likeness (QED) is 0.526. The molecule has 1 N–H and O–H groups in total. The molecule has 0 aromatic heterocycles. The second kappa shape index (κ2) is 9.91. The molecule has 0 bridgehead atoms. The number of anilines is 2. The minimum atomic E-state index is -3.92. The molecule has 0 saturated carbocycles. The third-order valence-corrected chi connectivity index (χ3v) is 6.21. The maximum atomic E-state index is 14.4. The molecule has 3 aromatic carbocycles. The van der Waals surface area contributed by atoms with E-state index >= 15 is 0 Å². The molecule has 0 heterocycles. The van der Waals surface area contributed by atoms with Crippen molar-refractivity contribution in [1.29, 1.82) is 0 Å². The van der Waals surface area contributed by atoms with Gasteiger partial charge in [-0.3, -0.25) is 9.10 Å². The van der Waals surface area contributed by atoms with Gasteiger partial charge in [-0.25, -0.2) is 12.8 Å². The van der Waals surface area contributed by atoms with Crippen LogP contribution in [0.25, 0.3) is 0 Å². The first-order valence-corrected chi connectivity index (χ1v) is 11.8. The standard InChI is InChI=1S/C24H25FN2O5S/c1-16-9-5-8-12-20(16)26-24(28)18-13-22(31-2)23(32-3)14-21(18)27(33(4,29)30)15-17-10-6-7-11-19(17)25/h5-14H,15H2,1-4H3,(H,26,28). The Kier molecular flexibility index (Phi) is 7.23. The molecule has 7 nitrogen and oxygen atoms in total. The van der Waals surface area contributed by atoms with Gasteiger partial charge in [0.25, 0.3) is 5.91 Å². The van der Waals surface area contributed by atoms with Crippen molar-refractivity contribution in [2.24, 2.45) is 0 Å². The summed E-state index contributed by atoms with van der Waals surface area (Å²) in [6.07, 6.45) is 0.994. The third kappa shape index (κ3) is 5.43. The molecule has 33 heavy (non-hydrogen) atoms. The van der Waals surface area contributed by atoms with Crippen LogP contribution in [0.15, 0.2) is 60.7 Å². The van der Waals surface area contributed by atoms with E-state index in [0.29, 0.717) is 5.69 Å². The topological polar surface area (TPSA) is 84.9 Å². The molecule has 0 aliphatic carbocycles. The highest BCUT2D eigenvalue weighted by atomic mass is 32.2. The van der Waals surface area contributed by atoms with Gasteiger partial charge in [-0.2, -0.15) is 0 Å². The number of para-hydroxylation sites is 1. The molecule has 0 atom stereocenters. The normalized spacial score (nSPS) is 11.1. The van der Waals surface area contributed by atoms with Gasteiger partial charge in [0.05, 0.1) is 38.3 Å². The van der Waals surface area contributed by atoms with Gasteiger partial charge >= 0.3 is 0 Å². The number of aryl methyl sites for hydroxylation is 1. The van der Waals surface area contributed by atoms with E-state index in [1.54, 1.807) is 18.2 Å². The van der Waals surface area contributed by atoms with E-state index in [4.69, 9.17) is 9.47 Å². The Morgan fingerprint density at radius 1 is 1.00 bits per heavy atom. The first kappa shape index (κ1) is 24.1. The van der Waals surface area contributed by atoms with E-state index in [0.717, 1.165) is 16.1 Å². The Hall–Kier alpha value is -3.59. The number of methoxy groups -OCH3 is 2. The zero-order chi connectivity index (χ0) is 24.2. The van der Waals surface area contributed by atoms with Crippen LogP contribution in [0.2, 0.25) is 0 Å². The van der Waals surface area contributed by atoms with Crippen LogP contribution < -0.4 is 19.1 Å². The number of carbonyl (C=O) groups excluding carboxylic acids is 1. The first-order chi connectivity index (χ1) is 15.7. The number of nitrogens with zero attached hydrogens (tertiary/aromatic N) is 1. The van der Waals surface area contributed by atoms with Crippen molar-refractivity contribution in [3.8, 4) is 11.5 Å². The lowest BCUT2D eigenvalue weighted by molar-refractivity contribution is 0.102. The number of hydrogen-bond donors (Lipinski definition) is 1. The number of hydrogen-bond acceptors (Lipinski definition) is 5. The molecule has 0 unspecified atom stereocenters. The predicted molar refractivity (Wildman–Crippen MR) is 126 cm³/mol. The third-order valence-electron chi connectivity index (χ3n) is 5.08. The van der Waals surface area contributed by atoms with E-state index in [9.17, 15) is 17.6 Å². The van der Waals surface area contributed by atoms with Gasteiger partial charge < -0.3 is 14.8 Å². The van der Waals surface area contributed by atoms with Crippen molar-refractivity contribution >= 4 is 27.3 Å². The van der Waals surface area contributed by atoms with Crippen LogP contribution in [-0.4, -0.2) is 34.8 Å². The molecule has 3 rings (SSSR count). The summed E-state index contributed by atoms with van der Waals surface area (Å²) in [7, 11) is -1.11. The van der Waals surface area contributed by atoms with Gasteiger partial charge in [0.15, 0.2) is 11.5 Å². The molecule has 9 heteroatoms. The monoisotopic (exact) mass is 472 g/mol. The number of ether oxygens (including phenoxy) is 2. The summed E-state index contributed by atoms with van der Waals surface area (Å²) >= 11 is 0. The molecule has 0 aliphatic rings. The summed E-state index contributed by atoms with van der Waals surface area (Å²) < 4.78 is 51.6. The lowest BCUT2D eigenvalue weighted by Crippen LogP contribution is -2.32. The fraction of sp³-hybridized carbons (Fsp3) is 0.208. The smallest absolute Gasteiger partial charge is 0.257 e. The maximum absolute atomic E-state index is 14.4. The van der Waals surface area contributed by atoms with Crippen LogP contribution in [0, 0.1) is 12.7 Å². The summed E-state index contributed by atoms with van der Waals surface area (Å²) in [4.78, 5) is 13.3.